The highest BCUT2D eigenvalue weighted by Gasteiger charge is 2.17. The molecule has 0 radical (unpaired) electrons. The maximum Gasteiger partial charge on any atom is 0.374 e. The summed E-state index contributed by atoms with van der Waals surface area (Å²) in [6, 6.07) is 0. The van der Waals surface area contributed by atoms with E-state index in [2.05, 4.69) is 4.74 Å². The van der Waals surface area contributed by atoms with Crippen LogP contribution in [0, 0.1) is 5.92 Å². The molecule has 0 saturated heterocycles. The Labute approximate surface area is 89.1 Å². The molecule has 0 heterocycles. The molecule has 0 unspecified atom stereocenters. The predicted molar refractivity (Wildman–Crippen MR) is 57.2 cm³/mol. The van der Waals surface area contributed by atoms with Crippen molar-refractivity contribution in [1.82, 2.24) is 0 Å². The maximum absolute atomic E-state index is 11.4. The van der Waals surface area contributed by atoms with Crippen molar-refractivity contribution in [3.8, 4) is 0 Å². The smallest absolute Gasteiger partial charge is 0.374 e. The summed E-state index contributed by atoms with van der Waals surface area (Å²) < 4.78 is 4.62. The number of esters is 1. The highest BCUT2D eigenvalue weighted by atomic mass is 16.5. The number of hydrogen-bond donors (Lipinski definition) is 0. The van der Waals surface area contributed by atoms with Crippen molar-refractivity contribution in [2.24, 2.45) is 5.92 Å². The molecule has 0 aliphatic heterocycles. The molecule has 0 atom stereocenters. The van der Waals surface area contributed by atoms with Crippen molar-refractivity contribution < 1.29 is 14.3 Å². The van der Waals surface area contributed by atoms with Crippen LogP contribution >= 0.6 is 0 Å². The van der Waals surface area contributed by atoms with Gasteiger partial charge in [0.05, 0.1) is 6.61 Å². The average Bonchev–Trinajstić information content (AvgIpc) is 2.46. The van der Waals surface area contributed by atoms with Crippen LogP contribution < -0.4 is 0 Å². The third kappa shape index (κ3) is 3.94. The van der Waals surface area contributed by atoms with E-state index in [0.29, 0.717) is 0 Å². The molecule has 0 aromatic rings. The molecule has 0 amide bonds. The fourth-order valence-electron chi connectivity index (χ4n) is 1.25. The van der Waals surface area contributed by atoms with Gasteiger partial charge in [-0.15, -0.1) is 0 Å². The van der Waals surface area contributed by atoms with Crippen LogP contribution in [-0.4, -0.2) is 18.4 Å². The Bertz CT molecular complexity index is 308. The van der Waals surface area contributed by atoms with Gasteiger partial charge in [0.2, 0.25) is 5.78 Å². The second-order valence-corrected chi connectivity index (χ2v) is 3.17. The monoisotopic (exact) mass is 206 g/mol. The number of carbonyl (C=O) groups excluding carboxylic acids is 2. The van der Waals surface area contributed by atoms with Crippen molar-refractivity contribution in [1.29, 1.82) is 0 Å². The molecule has 0 N–H and O–H groups in total. The minimum Gasteiger partial charge on any atom is -0.460 e. The Hall–Kier alpha value is -1.64. The third-order valence-electron chi connectivity index (χ3n) is 1.97. The van der Waals surface area contributed by atoms with Crippen LogP contribution in [0.4, 0.5) is 0 Å². The number of rotatable bonds is 4. The van der Waals surface area contributed by atoms with Crippen LogP contribution in [0.1, 0.15) is 13.3 Å². The Morgan fingerprint density at radius 3 is 2.27 bits per heavy atom. The Morgan fingerprint density at radius 1 is 1.13 bits per heavy atom. The van der Waals surface area contributed by atoms with Gasteiger partial charge in [-0.2, -0.15) is 0 Å². The highest BCUT2D eigenvalue weighted by Crippen LogP contribution is 2.11. The molecule has 0 aromatic carbocycles. The normalized spacial score (nSPS) is 15.0. The van der Waals surface area contributed by atoms with Gasteiger partial charge < -0.3 is 4.74 Å². The lowest BCUT2D eigenvalue weighted by Crippen LogP contribution is -2.19. The lowest BCUT2D eigenvalue weighted by Gasteiger charge is -2.05. The lowest BCUT2D eigenvalue weighted by molar-refractivity contribution is -0.153. The number of ether oxygens (including phenoxy) is 1. The number of Topliss-reactive ketones (excluding diaryl/α,β-unsaturated/α-hetero) is 1. The molecular weight excluding hydrogens is 192 g/mol. The molecule has 3 nitrogen and oxygen atoms in total. The van der Waals surface area contributed by atoms with Gasteiger partial charge in [0, 0.05) is 12.3 Å². The summed E-state index contributed by atoms with van der Waals surface area (Å²) in [5, 5.41) is 0. The first-order chi connectivity index (χ1) is 7.24. The number of hydrogen-bond acceptors (Lipinski definition) is 3. The van der Waals surface area contributed by atoms with E-state index in [-0.39, 0.29) is 18.9 Å². The van der Waals surface area contributed by atoms with E-state index in [1.807, 2.05) is 36.5 Å². The molecule has 0 spiro atoms. The Balaban J connectivity index is 2.47. The molecular formula is C12H14O3. The van der Waals surface area contributed by atoms with Gasteiger partial charge in [-0.25, -0.2) is 4.79 Å². The van der Waals surface area contributed by atoms with E-state index >= 15 is 0 Å². The molecule has 1 rings (SSSR count). The minimum atomic E-state index is -0.739. The van der Waals surface area contributed by atoms with Gasteiger partial charge in [0.15, 0.2) is 0 Å². The van der Waals surface area contributed by atoms with Crippen LogP contribution in [-0.2, 0) is 14.3 Å². The van der Waals surface area contributed by atoms with Gasteiger partial charge in [-0.05, 0) is 6.92 Å². The first-order valence-electron chi connectivity index (χ1n) is 4.95. The largest absolute Gasteiger partial charge is 0.460 e. The summed E-state index contributed by atoms with van der Waals surface area (Å²) >= 11 is 0. The highest BCUT2D eigenvalue weighted by molar-refractivity contribution is 6.33. The zero-order valence-electron chi connectivity index (χ0n) is 8.68. The Kier molecular flexibility index (Phi) is 4.54. The van der Waals surface area contributed by atoms with Crippen LogP contribution in [0.5, 0.6) is 0 Å². The first-order valence-corrected chi connectivity index (χ1v) is 4.95. The predicted octanol–water partition coefficient (Wildman–Crippen LogP) is 1.81. The van der Waals surface area contributed by atoms with Gasteiger partial charge in [0.25, 0.3) is 0 Å². The van der Waals surface area contributed by atoms with Crippen LogP contribution in [0.25, 0.3) is 0 Å². The van der Waals surface area contributed by atoms with Crippen molar-refractivity contribution in [3.63, 3.8) is 0 Å². The number of carbonyl (C=O) groups is 2. The summed E-state index contributed by atoms with van der Waals surface area (Å²) in [6.07, 6.45) is 11.4. The van der Waals surface area contributed by atoms with Crippen molar-refractivity contribution in [2.45, 2.75) is 13.3 Å². The summed E-state index contributed by atoms with van der Waals surface area (Å²) in [5.41, 5.74) is 0. The minimum absolute atomic E-state index is 0.0168. The second-order valence-electron chi connectivity index (χ2n) is 3.17. The van der Waals surface area contributed by atoms with E-state index in [4.69, 9.17) is 0 Å². The summed E-state index contributed by atoms with van der Waals surface area (Å²) in [4.78, 5) is 22.4. The quantitative estimate of drug-likeness (QED) is 0.520. The van der Waals surface area contributed by atoms with Gasteiger partial charge in [-0.3, -0.25) is 4.79 Å². The molecule has 0 saturated carbocycles. The summed E-state index contributed by atoms with van der Waals surface area (Å²) in [6.45, 7) is 1.92. The topological polar surface area (TPSA) is 43.4 Å². The van der Waals surface area contributed by atoms with E-state index in [1.165, 1.54) is 0 Å². The molecule has 0 fully saturated rings. The van der Waals surface area contributed by atoms with E-state index < -0.39 is 11.8 Å². The number of ketones is 1. The molecule has 80 valence electrons. The second kappa shape index (κ2) is 5.96. The van der Waals surface area contributed by atoms with E-state index in [0.717, 1.165) is 0 Å². The van der Waals surface area contributed by atoms with Crippen molar-refractivity contribution in [3.05, 3.63) is 36.5 Å². The third-order valence-corrected chi connectivity index (χ3v) is 1.97. The molecule has 0 aromatic heterocycles. The lowest BCUT2D eigenvalue weighted by atomic mass is 10.0. The fourth-order valence-corrected chi connectivity index (χ4v) is 1.25. The standard InChI is InChI=1S/C12H14O3/c1-2-15-12(14)11(13)9-10-7-5-3-4-6-8-10/h3-8,10H,2,9H2,1H3. The molecule has 3 heteroatoms. The first kappa shape index (κ1) is 11.4. The van der Waals surface area contributed by atoms with Crippen LogP contribution in [0.15, 0.2) is 36.5 Å². The molecule has 0 bridgehead atoms. The Morgan fingerprint density at radius 2 is 1.73 bits per heavy atom. The van der Waals surface area contributed by atoms with Crippen LogP contribution in [0.2, 0.25) is 0 Å². The maximum atomic E-state index is 11.4. The zero-order valence-corrected chi connectivity index (χ0v) is 8.68. The van der Waals surface area contributed by atoms with Crippen molar-refractivity contribution in [2.75, 3.05) is 6.61 Å². The van der Waals surface area contributed by atoms with Crippen molar-refractivity contribution >= 4 is 11.8 Å². The van der Waals surface area contributed by atoms with E-state index in [1.54, 1.807) is 6.92 Å². The number of allylic oxidation sites excluding steroid dienone is 6. The van der Waals surface area contributed by atoms with Gasteiger partial charge in [-0.1, -0.05) is 36.5 Å². The molecule has 1 aliphatic rings. The molecule has 15 heavy (non-hydrogen) atoms. The van der Waals surface area contributed by atoms with E-state index in [9.17, 15) is 9.59 Å². The summed E-state index contributed by atoms with van der Waals surface area (Å²) in [7, 11) is 0. The fraction of sp³-hybridized carbons (Fsp3) is 0.333. The van der Waals surface area contributed by atoms with Gasteiger partial charge in [0.1, 0.15) is 0 Å². The summed E-state index contributed by atoms with van der Waals surface area (Å²) in [5.74, 6) is -1.23. The zero-order chi connectivity index (χ0) is 11.1. The SMILES string of the molecule is CCOC(=O)C(=O)CC1C=CC=CC=C1. The molecule has 1 aliphatic carbocycles. The van der Waals surface area contributed by atoms with Crippen LogP contribution in [0.3, 0.4) is 0 Å². The van der Waals surface area contributed by atoms with Gasteiger partial charge >= 0.3 is 5.97 Å². The average molecular weight is 206 g/mol.